The largest absolute Gasteiger partial charge is 0.472 e. The summed E-state index contributed by atoms with van der Waals surface area (Å²) in [6.07, 6.45) is 52.6. The minimum Gasteiger partial charge on any atom is -0.462 e. The molecule has 0 aliphatic heterocycles. The molecule has 2 unspecified atom stereocenters. The average molecular weight is 1340 g/mol. The van der Waals surface area contributed by atoms with Crippen LogP contribution in [0.25, 0.3) is 0 Å². The van der Waals surface area contributed by atoms with E-state index >= 15 is 0 Å². The monoisotopic (exact) mass is 1340 g/mol. The van der Waals surface area contributed by atoms with E-state index in [1.807, 2.05) is 0 Å². The molecule has 0 radical (unpaired) electrons. The van der Waals surface area contributed by atoms with Crippen LogP contribution < -0.4 is 0 Å². The first kappa shape index (κ1) is 89.1. The minimum absolute atomic E-state index is 0.107. The van der Waals surface area contributed by atoms with Gasteiger partial charge in [-0.15, -0.1) is 0 Å². The minimum atomic E-state index is -4.95. The number of unbranched alkanes of at least 4 members (excludes halogenated alkanes) is 44. The molecule has 19 heteroatoms. The molecule has 0 rings (SSSR count). The van der Waals surface area contributed by atoms with Gasteiger partial charge in [-0.3, -0.25) is 37.3 Å². The summed E-state index contributed by atoms with van der Waals surface area (Å²) in [5.74, 6) is -1.31. The Kier molecular flexibility index (Phi) is 64.0. The standard InChI is InChI=1S/C72H140O17P2/c1-6-9-12-15-18-21-30-36-41-46-51-56-70(75)83-62-68(89-72(77)58-53-48-43-38-33-29-27-25-24-26-28-32-34-39-44-49-54-65(4)5)64-87-91(80,81)85-60-66(73)59-84-90(78,79)86-63-67(61-82-69(74)55-50-45-40-35-23-20-17-14-11-8-3)88-71(76)57-52-47-42-37-31-22-19-16-13-10-7-2/h65-68,73H,6-64H2,1-5H3,(H,78,79)(H,80,81)/t66-,67+,68+/m0/s1. The van der Waals surface area contributed by atoms with Gasteiger partial charge in [0.15, 0.2) is 12.2 Å². The number of rotatable bonds is 72. The Balaban J connectivity index is 5.19. The van der Waals surface area contributed by atoms with E-state index < -0.39 is 97.5 Å². The smallest absolute Gasteiger partial charge is 0.462 e. The van der Waals surface area contributed by atoms with Gasteiger partial charge in [-0.2, -0.15) is 0 Å². The molecule has 0 aromatic rings. The lowest BCUT2D eigenvalue weighted by Gasteiger charge is -2.21. The molecule has 0 aliphatic rings. The zero-order valence-corrected chi connectivity index (χ0v) is 60.8. The van der Waals surface area contributed by atoms with Crippen molar-refractivity contribution < 1.29 is 80.2 Å². The lowest BCUT2D eigenvalue weighted by molar-refractivity contribution is -0.161. The van der Waals surface area contributed by atoms with Gasteiger partial charge in [0.2, 0.25) is 0 Å². The Labute approximate surface area is 556 Å². The average Bonchev–Trinajstić information content (AvgIpc) is 3.67. The number of carbonyl (C=O) groups is 4. The summed E-state index contributed by atoms with van der Waals surface area (Å²) >= 11 is 0. The number of phosphoric acid groups is 2. The topological polar surface area (TPSA) is 237 Å². The predicted molar refractivity (Wildman–Crippen MR) is 368 cm³/mol. The number of hydrogen-bond acceptors (Lipinski definition) is 15. The van der Waals surface area contributed by atoms with Gasteiger partial charge in [0.05, 0.1) is 26.4 Å². The second-order valence-corrected chi connectivity index (χ2v) is 29.4. The Morgan fingerprint density at radius 1 is 0.297 bits per heavy atom. The van der Waals surface area contributed by atoms with E-state index in [2.05, 4.69) is 34.6 Å². The maximum absolute atomic E-state index is 13.0. The first-order valence-corrected chi connectivity index (χ1v) is 40.6. The van der Waals surface area contributed by atoms with E-state index in [4.69, 9.17) is 37.0 Å². The fraction of sp³-hybridized carbons (Fsp3) is 0.944. The van der Waals surface area contributed by atoms with Crippen molar-refractivity contribution in [3.63, 3.8) is 0 Å². The van der Waals surface area contributed by atoms with Crippen LogP contribution in [0, 0.1) is 5.92 Å². The van der Waals surface area contributed by atoms with Gasteiger partial charge in [0, 0.05) is 25.7 Å². The highest BCUT2D eigenvalue weighted by Gasteiger charge is 2.30. The summed E-state index contributed by atoms with van der Waals surface area (Å²) in [5, 5.41) is 10.6. The third-order valence-corrected chi connectivity index (χ3v) is 18.7. The molecule has 0 spiro atoms. The first-order chi connectivity index (χ1) is 44.0. The molecular formula is C72H140O17P2. The van der Waals surface area contributed by atoms with Crippen LogP contribution in [0.3, 0.4) is 0 Å². The molecule has 0 amide bonds. The molecule has 0 heterocycles. The Morgan fingerprint density at radius 3 is 0.747 bits per heavy atom. The molecule has 0 saturated heterocycles. The fourth-order valence-corrected chi connectivity index (χ4v) is 12.6. The van der Waals surface area contributed by atoms with E-state index in [1.54, 1.807) is 0 Å². The molecule has 0 fully saturated rings. The van der Waals surface area contributed by atoms with Crippen LogP contribution in [0.5, 0.6) is 0 Å². The number of aliphatic hydroxyl groups is 1. The van der Waals surface area contributed by atoms with Gasteiger partial charge in [0.25, 0.3) is 0 Å². The number of hydrogen-bond donors (Lipinski definition) is 3. The first-order valence-electron chi connectivity index (χ1n) is 37.6. The molecule has 17 nitrogen and oxygen atoms in total. The molecule has 5 atom stereocenters. The predicted octanol–water partition coefficient (Wildman–Crippen LogP) is 20.9. The van der Waals surface area contributed by atoms with Gasteiger partial charge in [-0.1, -0.05) is 324 Å². The van der Waals surface area contributed by atoms with Crippen LogP contribution in [-0.2, 0) is 65.4 Å². The van der Waals surface area contributed by atoms with E-state index in [-0.39, 0.29) is 25.7 Å². The summed E-state index contributed by atoms with van der Waals surface area (Å²) in [6.45, 7) is 7.28. The van der Waals surface area contributed by atoms with Crippen LogP contribution in [-0.4, -0.2) is 96.7 Å². The summed E-state index contributed by atoms with van der Waals surface area (Å²) in [6, 6.07) is 0. The van der Waals surface area contributed by atoms with Crippen LogP contribution in [0.4, 0.5) is 0 Å². The molecule has 91 heavy (non-hydrogen) atoms. The van der Waals surface area contributed by atoms with Crippen LogP contribution in [0.1, 0.15) is 375 Å². The molecule has 0 saturated carbocycles. The Hall–Kier alpha value is -1.94. The van der Waals surface area contributed by atoms with Gasteiger partial charge < -0.3 is 33.8 Å². The quantitative estimate of drug-likeness (QED) is 0.0222. The molecule has 540 valence electrons. The molecular weight excluding hydrogens is 1200 g/mol. The van der Waals surface area contributed by atoms with Crippen molar-refractivity contribution in [2.24, 2.45) is 5.92 Å². The summed E-state index contributed by atoms with van der Waals surface area (Å²) in [5.41, 5.74) is 0. The maximum Gasteiger partial charge on any atom is 0.472 e. The highest BCUT2D eigenvalue weighted by molar-refractivity contribution is 7.47. The van der Waals surface area contributed by atoms with Crippen molar-refractivity contribution in [3.8, 4) is 0 Å². The number of carbonyl (C=O) groups excluding carboxylic acids is 4. The molecule has 3 N–H and O–H groups in total. The van der Waals surface area contributed by atoms with Gasteiger partial charge >= 0.3 is 39.5 Å². The number of aliphatic hydroxyl groups excluding tert-OH is 1. The lowest BCUT2D eigenvalue weighted by atomic mass is 10.0. The number of ether oxygens (including phenoxy) is 4. The SMILES string of the molecule is CCCCCCCCCCCCCC(=O)OC[C@H](COP(=O)(O)OC[C@@H](O)COP(=O)(O)OC[C@@H](COC(=O)CCCCCCCCCCCC)OC(=O)CCCCCCCCCCCCC)OC(=O)CCCCCCCCCCCCCCCCCCC(C)C. The Morgan fingerprint density at radius 2 is 0.505 bits per heavy atom. The van der Waals surface area contributed by atoms with Gasteiger partial charge in [-0.25, -0.2) is 9.13 Å². The van der Waals surface area contributed by atoms with Crippen molar-refractivity contribution >= 4 is 39.5 Å². The van der Waals surface area contributed by atoms with Crippen molar-refractivity contribution in [2.75, 3.05) is 39.6 Å². The lowest BCUT2D eigenvalue weighted by Crippen LogP contribution is -2.30. The van der Waals surface area contributed by atoms with E-state index in [9.17, 15) is 43.2 Å². The zero-order valence-electron chi connectivity index (χ0n) is 59.0. The highest BCUT2D eigenvalue weighted by Crippen LogP contribution is 2.45. The second-order valence-electron chi connectivity index (χ2n) is 26.5. The van der Waals surface area contributed by atoms with Gasteiger partial charge in [0.1, 0.15) is 19.3 Å². The van der Waals surface area contributed by atoms with E-state index in [0.29, 0.717) is 25.7 Å². The summed E-state index contributed by atoms with van der Waals surface area (Å²) in [7, 11) is -9.90. The fourth-order valence-electron chi connectivity index (χ4n) is 11.0. The zero-order chi connectivity index (χ0) is 67.0. The molecule has 0 aliphatic carbocycles. The maximum atomic E-state index is 13.0. The normalized spacial score (nSPS) is 14.0. The summed E-state index contributed by atoms with van der Waals surface area (Å²) in [4.78, 5) is 72.6. The third kappa shape index (κ3) is 66.5. The van der Waals surface area contributed by atoms with Crippen LogP contribution >= 0.6 is 15.6 Å². The highest BCUT2D eigenvalue weighted by atomic mass is 31.2. The molecule has 0 aromatic carbocycles. The number of esters is 4. The van der Waals surface area contributed by atoms with Crippen molar-refractivity contribution in [3.05, 3.63) is 0 Å². The van der Waals surface area contributed by atoms with Gasteiger partial charge in [-0.05, 0) is 31.6 Å². The van der Waals surface area contributed by atoms with Crippen molar-refractivity contribution in [1.29, 1.82) is 0 Å². The molecule has 0 aromatic heterocycles. The summed E-state index contributed by atoms with van der Waals surface area (Å²) < 4.78 is 68.3. The second kappa shape index (κ2) is 65.4. The van der Waals surface area contributed by atoms with E-state index in [0.717, 1.165) is 95.8 Å². The molecule has 0 bridgehead atoms. The van der Waals surface area contributed by atoms with Crippen molar-refractivity contribution in [1.82, 2.24) is 0 Å². The van der Waals surface area contributed by atoms with Crippen LogP contribution in [0.15, 0.2) is 0 Å². The van der Waals surface area contributed by atoms with Crippen LogP contribution in [0.2, 0.25) is 0 Å². The number of phosphoric ester groups is 2. The third-order valence-electron chi connectivity index (χ3n) is 16.8. The van der Waals surface area contributed by atoms with E-state index in [1.165, 1.54) is 199 Å². The Bertz CT molecular complexity index is 1750. The van der Waals surface area contributed by atoms with Crippen molar-refractivity contribution in [2.45, 2.75) is 393 Å².